The zero-order chi connectivity index (χ0) is 20.4. The second-order valence-corrected chi connectivity index (χ2v) is 7.08. The van der Waals surface area contributed by atoms with Crippen molar-refractivity contribution >= 4 is 5.91 Å². The number of hydrogen-bond acceptors (Lipinski definition) is 4. The third kappa shape index (κ3) is 7.14. The topological polar surface area (TPSA) is 56.8 Å². The van der Waals surface area contributed by atoms with Crippen LogP contribution < -0.4 is 19.5 Å². The number of ether oxygens (including phenoxy) is 3. The molecule has 1 N–H and O–H groups in total. The van der Waals surface area contributed by atoms with Gasteiger partial charge in [0.05, 0.1) is 13.7 Å². The molecule has 0 unspecified atom stereocenters. The van der Waals surface area contributed by atoms with Crippen LogP contribution in [0.3, 0.4) is 0 Å². The van der Waals surface area contributed by atoms with Gasteiger partial charge in [0.15, 0.2) is 18.1 Å². The van der Waals surface area contributed by atoms with Crippen LogP contribution in [0.2, 0.25) is 0 Å². The first-order valence-corrected chi connectivity index (χ1v) is 9.80. The largest absolute Gasteiger partial charge is 0.493 e. The smallest absolute Gasteiger partial charge is 0.258 e. The minimum Gasteiger partial charge on any atom is -0.493 e. The maximum Gasteiger partial charge on any atom is 0.258 e. The molecule has 0 saturated carbocycles. The van der Waals surface area contributed by atoms with E-state index in [-0.39, 0.29) is 12.5 Å². The molecule has 0 radical (unpaired) electrons. The monoisotopic (exact) mass is 385 g/mol. The summed E-state index contributed by atoms with van der Waals surface area (Å²) in [6.07, 6.45) is 1.92. The lowest BCUT2D eigenvalue weighted by molar-refractivity contribution is -0.123. The molecule has 2 aromatic carbocycles. The Bertz CT molecular complexity index is 758. The number of carbonyl (C=O) groups excluding carboxylic acids is 1. The Morgan fingerprint density at radius 3 is 2.57 bits per heavy atom. The van der Waals surface area contributed by atoms with Crippen LogP contribution in [0.4, 0.5) is 0 Å². The molecule has 152 valence electrons. The van der Waals surface area contributed by atoms with Gasteiger partial charge in [0.1, 0.15) is 5.75 Å². The predicted molar refractivity (Wildman–Crippen MR) is 111 cm³/mol. The van der Waals surface area contributed by atoms with Crippen LogP contribution in [-0.4, -0.2) is 26.2 Å². The molecule has 5 nitrogen and oxygen atoms in total. The SMILES string of the molecule is CCc1cccc(OCC(=O)NCc2ccc(OCCC(C)C)c(OC)c2)c1. The highest BCUT2D eigenvalue weighted by atomic mass is 16.5. The lowest BCUT2D eigenvalue weighted by atomic mass is 10.1. The number of hydrogen-bond donors (Lipinski definition) is 1. The molecule has 0 aromatic heterocycles. The number of aryl methyl sites for hydroxylation is 1. The third-order valence-corrected chi connectivity index (χ3v) is 4.35. The highest BCUT2D eigenvalue weighted by Gasteiger charge is 2.08. The molecule has 0 heterocycles. The fraction of sp³-hybridized carbons (Fsp3) is 0.435. The lowest BCUT2D eigenvalue weighted by Crippen LogP contribution is -2.28. The number of benzene rings is 2. The van der Waals surface area contributed by atoms with Crippen LogP contribution in [-0.2, 0) is 17.8 Å². The van der Waals surface area contributed by atoms with Gasteiger partial charge in [-0.1, -0.05) is 39.0 Å². The van der Waals surface area contributed by atoms with Crippen LogP contribution in [0.5, 0.6) is 17.2 Å². The van der Waals surface area contributed by atoms with Gasteiger partial charge >= 0.3 is 0 Å². The van der Waals surface area contributed by atoms with Gasteiger partial charge < -0.3 is 19.5 Å². The van der Waals surface area contributed by atoms with Gasteiger partial charge in [-0.25, -0.2) is 0 Å². The molecule has 5 heteroatoms. The summed E-state index contributed by atoms with van der Waals surface area (Å²) in [5.74, 6) is 2.52. The molecule has 0 spiro atoms. The highest BCUT2D eigenvalue weighted by molar-refractivity contribution is 5.77. The summed E-state index contributed by atoms with van der Waals surface area (Å²) in [6.45, 7) is 7.45. The lowest BCUT2D eigenvalue weighted by Gasteiger charge is -2.13. The Morgan fingerprint density at radius 1 is 1.04 bits per heavy atom. The van der Waals surface area contributed by atoms with Crippen molar-refractivity contribution in [2.45, 2.75) is 40.2 Å². The van der Waals surface area contributed by atoms with Crippen LogP contribution in [0.15, 0.2) is 42.5 Å². The zero-order valence-corrected chi connectivity index (χ0v) is 17.3. The summed E-state index contributed by atoms with van der Waals surface area (Å²) < 4.78 is 16.8. The van der Waals surface area contributed by atoms with Crippen molar-refractivity contribution < 1.29 is 19.0 Å². The van der Waals surface area contributed by atoms with E-state index in [1.54, 1.807) is 7.11 Å². The zero-order valence-electron chi connectivity index (χ0n) is 17.3. The number of amides is 1. The van der Waals surface area contributed by atoms with Crippen molar-refractivity contribution in [3.05, 3.63) is 53.6 Å². The standard InChI is InChI=1S/C23H31NO4/c1-5-18-7-6-8-20(13-18)28-16-23(25)24-15-19-9-10-21(22(14-19)26-4)27-12-11-17(2)3/h6-10,13-14,17H,5,11-12,15-16H2,1-4H3,(H,24,25). The third-order valence-electron chi connectivity index (χ3n) is 4.35. The highest BCUT2D eigenvalue weighted by Crippen LogP contribution is 2.28. The second-order valence-electron chi connectivity index (χ2n) is 7.08. The van der Waals surface area contributed by atoms with Crippen LogP contribution in [0.1, 0.15) is 38.3 Å². The summed E-state index contributed by atoms with van der Waals surface area (Å²) in [7, 11) is 1.62. The first-order chi connectivity index (χ1) is 13.5. The van der Waals surface area contributed by atoms with Gasteiger partial charge in [-0.15, -0.1) is 0 Å². The minimum absolute atomic E-state index is 0.0132. The quantitative estimate of drug-likeness (QED) is 0.624. The molecule has 2 aromatic rings. The van der Waals surface area contributed by atoms with Gasteiger partial charge in [0.2, 0.25) is 0 Å². The van der Waals surface area contributed by atoms with E-state index < -0.39 is 0 Å². The van der Waals surface area contributed by atoms with Crippen molar-refractivity contribution in [3.63, 3.8) is 0 Å². The van der Waals surface area contributed by atoms with E-state index in [2.05, 4.69) is 26.1 Å². The average molecular weight is 386 g/mol. The van der Waals surface area contributed by atoms with E-state index in [4.69, 9.17) is 14.2 Å². The number of carbonyl (C=O) groups is 1. The fourth-order valence-corrected chi connectivity index (χ4v) is 2.60. The summed E-state index contributed by atoms with van der Waals surface area (Å²) in [6, 6.07) is 13.5. The van der Waals surface area contributed by atoms with Gasteiger partial charge in [0.25, 0.3) is 5.91 Å². The number of nitrogens with one attached hydrogen (secondary N) is 1. The maximum atomic E-state index is 12.1. The first-order valence-electron chi connectivity index (χ1n) is 9.80. The molecule has 28 heavy (non-hydrogen) atoms. The summed E-state index contributed by atoms with van der Waals surface area (Å²) >= 11 is 0. The number of methoxy groups -OCH3 is 1. The van der Waals surface area contributed by atoms with Gasteiger partial charge in [0, 0.05) is 6.54 Å². The summed E-state index contributed by atoms with van der Waals surface area (Å²) in [5, 5.41) is 2.87. The van der Waals surface area contributed by atoms with E-state index in [1.807, 2.05) is 42.5 Å². The molecule has 0 fully saturated rings. The van der Waals surface area contributed by atoms with E-state index in [9.17, 15) is 4.79 Å². The molecule has 0 saturated heterocycles. The Morgan fingerprint density at radius 2 is 1.86 bits per heavy atom. The molecular formula is C23H31NO4. The van der Waals surface area contributed by atoms with E-state index >= 15 is 0 Å². The predicted octanol–water partition coefficient (Wildman–Crippen LogP) is 4.38. The molecule has 0 aliphatic carbocycles. The van der Waals surface area contributed by atoms with Gasteiger partial charge in [-0.2, -0.15) is 0 Å². The molecule has 0 aliphatic heterocycles. The second kappa shape index (κ2) is 11.2. The Balaban J connectivity index is 1.83. The van der Waals surface area contributed by atoms with E-state index in [0.717, 1.165) is 24.2 Å². The van der Waals surface area contributed by atoms with Crippen LogP contribution in [0, 0.1) is 5.92 Å². The molecule has 0 aliphatic rings. The Labute approximate surface area is 168 Å². The van der Waals surface area contributed by atoms with Crippen LogP contribution >= 0.6 is 0 Å². The molecular weight excluding hydrogens is 354 g/mol. The summed E-state index contributed by atoms with van der Waals surface area (Å²) in [4.78, 5) is 12.1. The molecule has 1 amide bonds. The van der Waals surface area contributed by atoms with Gasteiger partial charge in [-0.05, 0) is 54.2 Å². The molecule has 0 bridgehead atoms. The maximum absolute atomic E-state index is 12.1. The number of rotatable bonds is 11. The first kappa shape index (κ1) is 21.6. The summed E-state index contributed by atoms with van der Waals surface area (Å²) in [5.41, 5.74) is 2.12. The van der Waals surface area contributed by atoms with Crippen molar-refractivity contribution in [2.75, 3.05) is 20.3 Å². The van der Waals surface area contributed by atoms with E-state index in [0.29, 0.717) is 30.6 Å². The Hall–Kier alpha value is -2.69. The molecule has 0 atom stereocenters. The van der Waals surface area contributed by atoms with Crippen molar-refractivity contribution in [1.29, 1.82) is 0 Å². The van der Waals surface area contributed by atoms with Crippen molar-refractivity contribution in [1.82, 2.24) is 5.32 Å². The van der Waals surface area contributed by atoms with Gasteiger partial charge in [-0.3, -0.25) is 4.79 Å². The van der Waals surface area contributed by atoms with E-state index in [1.165, 1.54) is 5.56 Å². The minimum atomic E-state index is -0.168. The normalized spacial score (nSPS) is 10.6. The fourth-order valence-electron chi connectivity index (χ4n) is 2.60. The van der Waals surface area contributed by atoms with Crippen molar-refractivity contribution in [3.8, 4) is 17.2 Å². The van der Waals surface area contributed by atoms with Crippen molar-refractivity contribution in [2.24, 2.45) is 5.92 Å². The molecule has 2 rings (SSSR count). The van der Waals surface area contributed by atoms with Crippen LogP contribution in [0.25, 0.3) is 0 Å². The Kier molecular flexibility index (Phi) is 8.66. The average Bonchev–Trinajstić information content (AvgIpc) is 2.71.